The Balaban J connectivity index is 1.48. The van der Waals surface area contributed by atoms with E-state index < -0.39 is 6.10 Å². The maximum absolute atomic E-state index is 10.3. The number of nitrogens with one attached hydrogen (secondary N) is 1. The second-order valence-corrected chi connectivity index (χ2v) is 7.51. The van der Waals surface area contributed by atoms with Gasteiger partial charge in [0.05, 0.1) is 0 Å². The number of para-hydroxylation sites is 1. The van der Waals surface area contributed by atoms with Crippen LogP contribution in [0.2, 0.25) is 0 Å². The van der Waals surface area contributed by atoms with Gasteiger partial charge in [0.25, 0.3) is 0 Å². The van der Waals surface area contributed by atoms with Gasteiger partial charge in [-0.05, 0) is 56.1 Å². The van der Waals surface area contributed by atoms with Gasteiger partial charge in [0, 0.05) is 25.8 Å². The van der Waals surface area contributed by atoms with Crippen molar-refractivity contribution < 1.29 is 14.6 Å². The molecule has 1 aromatic carbocycles. The van der Waals surface area contributed by atoms with Gasteiger partial charge in [-0.2, -0.15) is 0 Å². The quantitative estimate of drug-likeness (QED) is 0.840. The van der Waals surface area contributed by atoms with Crippen molar-refractivity contribution >= 4 is 0 Å². The summed E-state index contributed by atoms with van der Waals surface area (Å²) in [4.78, 5) is 0. The molecule has 1 aliphatic heterocycles. The number of aliphatic hydroxyl groups is 1. The van der Waals surface area contributed by atoms with Crippen molar-refractivity contribution in [1.29, 1.82) is 0 Å². The van der Waals surface area contributed by atoms with Crippen LogP contribution < -0.4 is 10.1 Å². The normalized spacial score (nSPS) is 24.2. The zero-order chi connectivity index (χ0) is 17.0. The minimum absolute atomic E-state index is 0.335. The maximum atomic E-state index is 10.3. The van der Waals surface area contributed by atoms with Crippen LogP contribution in [0.1, 0.15) is 43.2 Å². The smallest absolute Gasteiger partial charge is 0.125 e. The van der Waals surface area contributed by atoms with E-state index in [9.17, 15) is 5.11 Å². The molecule has 0 aromatic heterocycles. The lowest BCUT2D eigenvalue weighted by molar-refractivity contribution is 0.00139. The number of aliphatic hydroxyl groups excluding tert-OH is 1. The second-order valence-electron chi connectivity index (χ2n) is 7.51. The first kappa shape index (κ1) is 17.7. The molecule has 0 radical (unpaired) electrons. The topological polar surface area (TPSA) is 50.7 Å². The molecular formula is C20H31NO3. The minimum atomic E-state index is -0.485. The van der Waals surface area contributed by atoms with Crippen molar-refractivity contribution in [2.75, 3.05) is 26.4 Å². The largest absolute Gasteiger partial charge is 0.490 e. The highest BCUT2D eigenvalue weighted by Gasteiger charge is 2.43. The number of aryl methyl sites for hydroxylation is 2. The lowest BCUT2D eigenvalue weighted by atomic mass is 9.75. The highest BCUT2D eigenvalue weighted by molar-refractivity contribution is 5.39. The Kier molecular flexibility index (Phi) is 5.80. The summed E-state index contributed by atoms with van der Waals surface area (Å²) < 4.78 is 11.4. The predicted molar refractivity (Wildman–Crippen MR) is 95.5 cm³/mol. The first-order chi connectivity index (χ1) is 11.6. The first-order valence-corrected chi connectivity index (χ1v) is 9.29. The van der Waals surface area contributed by atoms with E-state index in [1.165, 1.54) is 19.3 Å². The minimum Gasteiger partial charge on any atom is -0.490 e. The van der Waals surface area contributed by atoms with Crippen LogP contribution >= 0.6 is 0 Å². The van der Waals surface area contributed by atoms with Gasteiger partial charge in [0.2, 0.25) is 0 Å². The number of benzene rings is 1. The molecule has 2 aliphatic rings. The highest BCUT2D eigenvalue weighted by atomic mass is 16.5. The van der Waals surface area contributed by atoms with Crippen LogP contribution in [-0.4, -0.2) is 43.6 Å². The molecule has 0 amide bonds. The van der Waals surface area contributed by atoms with E-state index in [2.05, 4.69) is 5.32 Å². The van der Waals surface area contributed by atoms with Gasteiger partial charge in [0.15, 0.2) is 0 Å². The number of hydrogen-bond donors (Lipinski definition) is 2. The molecule has 134 valence electrons. The van der Waals surface area contributed by atoms with Crippen molar-refractivity contribution in [3.8, 4) is 5.75 Å². The van der Waals surface area contributed by atoms with E-state index in [0.717, 1.165) is 42.9 Å². The molecule has 4 nitrogen and oxygen atoms in total. The van der Waals surface area contributed by atoms with Crippen LogP contribution in [0.25, 0.3) is 0 Å². The summed E-state index contributed by atoms with van der Waals surface area (Å²) >= 11 is 0. The standard InChI is InChI=1S/C20H31NO3/c1-15-5-3-6-16(2)19(15)24-14-17(22)13-21-18-7-4-8-20(18)9-11-23-12-10-20/h3,5-6,17-18,21-22H,4,7-14H2,1-2H3. The molecule has 1 aliphatic carbocycles. The fourth-order valence-electron chi connectivity index (χ4n) is 4.38. The van der Waals surface area contributed by atoms with Gasteiger partial charge in [-0.25, -0.2) is 0 Å². The van der Waals surface area contributed by atoms with E-state index in [1.54, 1.807) is 0 Å². The fraction of sp³-hybridized carbons (Fsp3) is 0.700. The molecule has 3 rings (SSSR count). The van der Waals surface area contributed by atoms with Crippen LogP contribution in [0.4, 0.5) is 0 Å². The summed E-state index contributed by atoms with van der Waals surface area (Å²) in [5.74, 6) is 0.901. The van der Waals surface area contributed by atoms with Gasteiger partial charge in [-0.15, -0.1) is 0 Å². The number of rotatable bonds is 6. The molecular weight excluding hydrogens is 302 g/mol. The predicted octanol–water partition coefficient (Wildman–Crippen LogP) is 2.98. The Morgan fingerprint density at radius 2 is 1.96 bits per heavy atom. The number of ether oxygens (including phenoxy) is 2. The summed E-state index contributed by atoms with van der Waals surface area (Å²) in [7, 11) is 0. The Labute approximate surface area is 145 Å². The molecule has 1 heterocycles. The van der Waals surface area contributed by atoms with Crippen molar-refractivity contribution in [2.24, 2.45) is 5.41 Å². The molecule has 1 spiro atoms. The summed E-state index contributed by atoms with van der Waals surface area (Å²) in [6, 6.07) is 6.63. The van der Waals surface area contributed by atoms with E-state index in [0.29, 0.717) is 24.6 Å². The van der Waals surface area contributed by atoms with Gasteiger partial charge in [0.1, 0.15) is 18.5 Å². The van der Waals surface area contributed by atoms with Crippen molar-refractivity contribution in [1.82, 2.24) is 5.32 Å². The fourth-order valence-corrected chi connectivity index (χ4v) is 4.38. The average molecular weight is 333 g/mol. The molecule has 2 unspecified atom stereocenters. The van der Waals surface area contributed by atoms with Crippen LogP contribution in [0.3, 0.4) is 0 Å². The molecule has 1 aromatic rings. The van der Waals surface area contributed by atoms with Gasteiger partial charge in [-0.3, -0.25) is 0 Å². The SMILES string of the molecule is Cc1cccc(C)c1OCC(O)CNC1CCCC12CCOCC2. The van der Waals surface area contributed by atoms with E-state index in [-0.39, 0.29) is 0 Å². The summed E-state index contributed by atoms with van der Waals surface area (Å²) in [6.07, 6.45) is 5.61. The molecule has 4 heteroatoms. The third kappa shape index (κ3) is 3.93. The van der Waals surface area contributed by atoms with E-state index >= 15 is 0 Å². The Bertz CT molecular complexity index is 519. The van der Waals surface area contributed by atoms with Crippen molar-refractivity contribution in [2.45, 2.75) is 58.1 Å². The van der Waals surface area contributed by atoms with Crippen LogP contribution in [-0.2, 0) is 4.74 Å². The zero-order valence-corrected chi connectivity index (χ0v) is 15.0. The summed E-state index contributed by atoms with van der Waals surface area (Å²) in [5.41, 5.74) is 2.63. The average Bonchev–Trinajstić information content (AvgIpc) is 2.95. The van der Waals surface area contributed by atoms with E-state index in [4.69, 9.17) is 9.47 Å². The molecule has 2 N–H and O–H groups in total. The molecule has 2 atom stereocenters. The van der Waals surface area contributed by atoms with Crippen molar-refractivity contribution in [3.05, 3.63) is 29.3 Å². The molecule has 2 fully saturated rings. The summed E-state index contributed by atoms with van der Waals surface area (Å²) in [5, 5.41) is 13.9. The van der Waals surface area contributed by atoms with Gasteiger partial charge >= 0.3 is 0 Å². The molecule has 1 saturated heterocycles. The van der Waals surface area contributed by atoms with Crippen LogP contribution in [0, 0.1) is 19.3 Å². The highest BCUT2D eigenvalue weighted by Crippen LogP contribution is 2.45. The Morgan fingerprint density at radius 1 is 1.25 bits per heavy atom. The summed E-state index contributed by atoms with van der Waals surface area (Å²) in [6.45, 7) is 6.79. The second kappa shape index (κ2) is 7.85. The van der Waals surface area contributed by atoms with Gasteiger partial charge in [-0.1, -0.05) is 24.6 Å². The third-order valence-electron chi connectivity index (χ3n) is 5.82. The maximum Gasteiger partial charge on any atom is 0.125 e. The Morgan fingerprint density at radius 3 is 2.67 bits per heavy atom. The van der Waals surface area contributed by atoms with E-state index in [1.807, 2.05) is 32.0 Å². The molecule has 1 saturated carbocycles. The third-order valence-corrected chi connectivity index (χ3v) is 5.82. The number of hydrogen-bond acceptors (Lipinski definition) is 4. The molecule has 24 heavy (non-hydrogen) atoms. The van der Waals surface area contributed by atoms with Crippen LogP contribution in [0.5, 0.6) is 5.75 Å². The lowest BCUT2D eigenvalue weighted by Crippen LogP contribution is -2.47. The zero-order valence-electron chi connectivity index (χ0n) is 15.0. The molecule has 0 bridgehead atoms. The lowest BCUT2D eigenvalue weighted by Gasteiger charge is -2.39. The monoisotopic (exact) mass is 333 g/mol. The first-order valence-electron chi connectivity index (χ1n) is 9.29. The Hall–Kier alpha value is -1.10. The van der Waals surface area contributed by atoms with Crippen molar-refractivity contribution in [3.63, 3.8) is 0 Å². The van der Waals surface area contributed by atoms with Crippen LogP contribution in [0.15, 0.2) is 18.2 Å². The van der Waals surface area contributed by atoms with Gasteiger partial charge < -0.3 is 19.9 Å².